The smallest absolute Gasteiger partial charge is 0.0599 e. The van der Waals surface area contributed by atoms with Crippen LogP contribution in [0.15, 0.2) is 0 Å². The summed E-state index contributed by atoms with van der Waals surface area (Å²) in [4.78, 5) is 0. The topological polar surface area (TPSA) is 20.2 Å². The van der Waals surface area contributed by atoms with Crippen molar-refractivity contribution >= 4 is 0 Å². The fourth-order valence-corrected chi connectivity index (χ4v) is 5.21. The van der Waals surface area contributed by atoms with Crippen LogP contribution in [0.1, 0.15) is 52.9 Å². The van der Waals surface area contributed by atoms with Crippen LogP contribution < -0.4 is 0 Å². The molecular formula is C14H24O. The van der Waals surface area contributed by atoms with Gasteiger partial charge in [-0.1, -0.05) is 20.8 Å². The number of hydrogen-bond donors (Lipinski definition) is 1. The third-order valence-electron chi connectivity index (χ3n) is 5.93. The summed E-state index contributed by atoms with van der Waals surface area (Å²) in [5.41, 5.74) is 0.810. The number of hydrogen-bond acceptors (Lipinski definition) is 1. The number of rotatable bonds is 0. The summed E-state index contributed by atoms with van der Waals surface area (Å²) in [7, 11) is 0. The van der Waals surface area contributed by atoms with Crippen LogP contribution in [0.5, 0.6) is 0 Å². The van der Waals surface area contributed by atoms with Gasteiger partial charge in [-0.3, -0.25) is 0 Å². The average Bonchev–Trinajstić information content (AvgIpc) is 2.65. The van der Waals surface area contributed by atoms with E-state index >= 15 is 0 Å². The molecule has 3 aliphatic rings. The van der Waals surface area contributed by atoms with E-state index < -0.39 is 0 Å². The first-order valence-electron chi connectivity index (χ1n) is 6.61. The van der Waals surface area contributed by atoms with E-state index in [1.807, 2.05) is 0 Å². The zero-order valence-corrected chi connectivity index (χ0v) is 10.3. The summed E-state index contributed by atoms with van der Waals surface area (Å²) in [6.45, 7) is 7.19. The molecular weight excluding hydrogens is 184 g/mol. The predicted octanol–water partition coefficient (Wildman–Crippen LogP) is 3.22. The Kier molecular flexibility index (Phi) is 1.89. The average molecular weight is 208 g/mol. The van der Waals surface area contributed by atoms with Crippen molar-refractivity contribution < 1.29 is 5.11 Å². The van der Waals surface area contributed by atoms with Crippen LogP contribution in [0, 0.1) is 28.6 Å². The van der Waals surface area contributed by atoms with Gasteiger partial charge in [-0.05, 0) is 60.7 Å². The highest BCUT2D eigenvalue weighted by molar-refractivity contribution is 5.11. The quantitative estimate of drug-likeness (QED) is 0.648. The van der Waals surface area contributed by atoms with E-state index in [4.69, 9.17) is 0 Å². The third kappa shape index (κ3) is 1.19. The van der Waals surface area contributed by atoms with Crippen LogP contribution in [-0.4, -0.2) is 11.2 Å². The van der Waals surface area contributed by atoms with E-state index in [0.29, 0.717) is 5.41 Å². The molecule has 3 fully saturated rings. The Hall–Kier alpha value is -0.0400. The molecule has 0 aromatic heterocycles. The molecule has 0 heterocycles. The Morgan fingerprint density at radius 3 is 2.53 bits per heavy atom. The molecule has 1 N–H and O–H groups in total. The van der Waals surface area contributed by atoms with Gasteiger partial charge in [0.15, 0.2) is 0 Å². The molecule has 0 aromatic carbocycles. The molecule has 86 valence electrons. The van der Waals surface area contributed by atoms with E-state index in [9.17, 15) is 5.11 Å². The van der Waals surface area contributed by atoms with E-state index in [1.165, 1.54) is 25.7 Å². The summed E-state index contributed by atoms with van der Waals surface area (Å²) >= 11 is 0. The second-order valence-electron chi connectivity index (χ2n) is 7.33. The number of aliphatic hydroxyl groups is 1. The van der Waals surface area contributed by atoms with Gasteiger partial charge < -0.3 is 5.11 Å². The molecule has 0 spiro atoms. The van der Waals surface area contributed by atoms with Crippen molar-refractivity contribution in [3.8, 4) is 0 Å². The first kappa shape index (κ1) is 10.1. The summed E-state index contributed by atoms with van der Waals surface area (Å²) in [5.74, 6) is 2.57. The highest BCUT2D eigenvalue weighted by atomic mass is 16.3. The molecule has 0 saturated heterocycles. The Bertz CT molecular complexity index is 283. The van der Waals surface area contributed by atoms with Crippen molar-refractivity contribution in [1.82, 2.24) is 0 Å². The summed E-state index contributed by atoms with van der Waals surface area (Å²) in [6, 6.07) is 0. The molecule has 15 heavy (non-hydrogen) atoms. The van der Waals surface area contributed by atoms with Crippen LogP contribution in [0.2, 0.25) is 0 Å². The van der Waals surface area contributed by atoms with Gasteiger partial charge in [0.05, 0.1) is 6.10 Å². The lowest BCUT2D eigenvalue weighted by atomic mass is 9.71. The molecule has 0 unspecified atom stereocenters. The van der Waals surface area contributed by atoms with Gasteiger partial charge in [0, 0.05) is 0 Å². The maximum Gasteiger partial charge on any atom is 0.0599 e. The van der Waals surface area contributed by atoms with Crippen LogP contribution in [0.25, 0.3) is 0 Å². The fourth-order valence-electron chi connectivity index (χ4n) is 5.21. The van der Waals surface area contributed by atoms with Crippen LogP contribution in [-0.2, 0) is 0 Å². The summed E-state index contributed by atoms with van der Waals surface area (Å²) < 4.78 is 0. The molecule has 0 amide bonds. The van der Waals surface area contributed by atoms with Crippen molar-refractivity contribution in [2.75, 3.05) is 0 Å². The zero-order chi connectivity index (χ0) is 10.8. The van der Waals surface area contributed by atoms with E-state index in [0.717, 1.165) is 24.2 Å². The predicted molar refractivity (Wildman–Crippen MR) is 61.4 cm³/mol. The molecule has 3 rings (SSSR count). The van der Waals surface area contributed by atoms with Gasteiger partial charge in [-0.25, -0.2) is 0 Å². The molecule has 3 saturated carbocycles. The van der Waals surface area contributed by atoms with Crippen LogP contribution in [0.4, 0.5) is 0 Å². The largest absolute Gasteiger partial charge is 0.393 e. The molecule has 0 bridgehead atoms. The van der Waals surface area contributed by atoms with E-state index in [-0.39, 0.29) is 11.5 Å². The van der Waals surface area contributed by atoms with Crippen molar-refractivity contribution in [3.63, 3.8) is 0 Å². The first-order valence-corrected chi connectivity index (χ1v) is 6.61. The lowest BCUT2D eigenvalue weighted by Crippen LogP contribution is -2.35. The van der Waals surface area contributed by atoms with Crippen molar-refractivity contribution in [3.05, 3.63) is 0 Å². The molecule has 1 heteroatoms. The Morgan fingerprint density at radius 1 is 1.07 bits per heavy atom. The second kappa shape index (κ2) is 2.80. The van der Waals surface area contributed by atoms with Crippen molar-refractivity contribution in [1.29, 1.82) is 0 Å². The van der Waals surface area contributed by atoms with Crippen LogP contribution >= 0.6 is 0 Å². The minimum atomic E-state index is -0.00796. The molecule has 0 radical (unpaired) electrons. The molecule has 0 aromatic rings. The highest BCUT2D eigenvalue weighted by Gasteiger charge is 2.61. The standard InChI is InChI=1S/C14H24O/c1-13(2)7-9-6-10-4-5-12(15)14(10,3)11(9)8-13/h9-12,15H,4-8H2,1-3H3/t9-,10+,11+,12+,14+/m1/s1. The van der Waals surface area contributed by atoms with Gasteiger partial charge in [0.25, 0.3) is 0 Å². The van der Waals surface area contributed by atoms with Gasteiger partial charge in [-0.15, -0.1) is 0 Å². The third-order valence-corrected chi connectivity index (χ3v) is 5.93. The number of fused-ring (bicyclic) bond motifs is 3. The summed E-state index contributed by atoms with van der Waals surface area (Å²) in [5, 5.41) is 10.3. The fraction of sp³-hybridized carbons (Fsp3) is 1.00. The monoisotopic (exact) mass is 208 g/mol. The molecule has 0 aliphatic heterocycles. The SMILES string of the molecule is CC1(C)C[C@H]2C[C@@H]3CC[C@H](O)[C@]3(C)[C@H]2C1. The molecule has 3 aliphatic carbocycles. The minimum Gasteiger partial charge on any atom is -0.393 e. The Balaban J connectivity index is 1.92. The number of aliphatic hydroxyl groups excluding tert-OH is 1. The zero-order valence-electron chi connectivity index (χ0n) is 10.3. The lowest BCUT2D eigenvalue weighted by Gasteiger charge is -2.36. The first-order chi connectivity index (χ1) is 6.93. The maximum absolute atomic E-state index is 10.3. The normalized spacial score (nSPS) is 56.8. The minimum absolute atomic E-state index is 0.00796. The van der Waals surface area contributed by atoms with Gasteiger partial charge in [0.1, 0.15) is 0 Å². The Labute approximate surface area is 93.3 Å². The second-order valence-corrected chi connectivity index (χ2v) is 7.33. The lowest BCUT2D eigenvalue weighted by molar-refractivity contribution is 0.0110. The molecule has 5 atom stereocenters. The van der Waals surface area contributed by atoms with E-state index in [2.05, 4.69) is 20.8 Å². The van der Waals surface area contributed by atoms with Gasteiger partial charge in [-0.2, -0.15) is 0 Å². The van der Waals surface area contributed by atoms with Crippen molar-refractivity contribution in [2.45, 2.75) is 59.0 Å². The van der Waals surface area contributed by atoms with Gasteiger partial charge >= 0.3 is 0 Å². The van der Waals surface area contributed by atoms with Gasteiger partial charge in [0.2, 0.25) is 0 Å². The highest BCUT2D eigenvalue weighted by Crippen LogP contribution is 2.67. The molecule has 1 nitrogen and oxygen atoms in total. The van der Waals surface area contributed by atoms with Crippen molar-refractivity contribution in [2.24, 2.45) is 28.6 Å². The summed E-state index contributed by atoms with van der Waals surface area (Å²) in [6.07, 6.45) is 6.49. The van der Waals surface area contributed by atoms with E-state index in [1.54, 1.807) is 0 Å². The van der Waals surface area contributed by atoms with Crippen LogP contribution in [0.3, 0.4) is 0 Å². The maximum atomic E-state index is 10.3. The Morgan fingerprint density at radius 2 is 1.80 bits per heavy atom.